The summed E-state index contributed by atoms with van der Waals surface area (Å²) in [5.74, 6) is 0.681. The van der Waals surface area contributed by atoms with Gasteiger partial charge in [0, 0.05) is 14.0 Å². The lowest BCUT2D eigenvalue weighted by molar-refractivity contribution is 0.101. The number of para-hydroxylation sites is 1. The van der Waals surface area contributed by atoms with E-state index < -0.39 is 5.82 Å². The fourth-order valence-corrected chi connectivity index (χ4v) is 3.39. The summed E-state index contributed by atoms with van der Waals surface area (Å²) in [4.78, 5) is 19.8. The van der Waals surface area contributed by atoms with Crippen LogP contribution < -0.4 is 5.32 Å². The zero-order chi connectivity index (χ0) is 24.4. The first-order chi connectivity index (χ1) is 15.7. The molecule has 1 aliphatic carbocycles. The Morgan fingerprint density at radius 2 is 1.76 bits per heavy atom. The first-order valence-corrected chi connectivity index (χ1v) is 12.2. The van der Waals surface area contributed by atoms with Crippen LogP contribution in [-0.2, 0) is 7.05 Å². The van der Waals surface area contributed by atoms with Crippen LogP contribution in [0.4, 0.5) is 16.0 Å². The Morgan fingerprint density at radius 1 is 1.18 bits per heavy atom. The molecular weight excluding hydrogens is 439 g/mol. The highest BCUT2D eigenvalue weighted by Crippen LogP contribution is 2.29. The molecule has 0 bridgehead atoms. The van der Waals surface area contributed by atoms with Gasteiger partial charge in [-0.3, -0.25) is 9.78 Å². The van der Waals surface area contributed by atoms with Crippen molar-refractivity contribution < 1.29 is 9.18 Å². The standard InChI is InChI=1S/C15H12ClFN4O.C6H12.C5H12/c1-8(22)11-6-12-13(7-18-11)21(2)15(19-12)20-14-9(16)4-3-5-10(14)17;1-2-4-6-5-3-1;1-4-5(2)3/h3-7H,1-2H3,(H,19,20);1-6H2;5H,4H2,1-3H3. The summed E-state index contributed by atoms with van der Waals surface area (Å²) in [6.07, 6.45) is 11.9. The molecule has 0 unspecified atom stereocenters. The number of imidazole rings is 1. The van der Waals surface area contributed by atoms with E-state index in [2.05, 4.69) is 36.1 Å². The zero-order valence-corrected chi connectivity index (χ0v) is 21.2. The Labute approximate surface area is 201 Å². The van der Waals surface area contributed by atoms with Crippen molar-refractivity contribution in [2.75, 3.05) is 5.32 Å². The van der Waals surface area contributed by atoms with Crippen molar-refractivity contribution >= 4 is 40.1 Å². The Balaban J connectivity index is 0.000000289. The number of aromatic nitrogens is 3. The van der Waals surface area contributed by atoms with Crippen LogP contribution in [0.25, 0.3) is 11.0 Å². The number of hydrogen-bond donors (Lipinski definition) is 1. The Bertz CT molecular complexity index is 1010. The Kier molecular flexibility index (Phi) is 10.8. The molecule has 1 aliphatic rings. The second-order valence-corrected chi connectivity index (χ2v) is 9.16. The molecule has 0 aliphatic heterocycles. The lowest BCUT2D eigenvalue weighted by Gasteiger charge is -2.08. The molecule has 0 atom stereocenters. The minimum Gasteiger partial charge on any atom is -0.322 e. The van der Waals surface area contributed by atoms with Crippen molar-refractivity contribution in [3.8, 4) is 0 Å². The SMILES string of the molecule is C1CCCCC1.CC(=O)c1cc2nc(Nc3c(F)cccc3Cl)n(C)c2cn1.CCC(C)C. The van der Waals surface area contributed by atoms with Crippen molar-refractivity contribution in [3.05, 3.63) is 47.0 Å². The number of fused-ring (bicyclic) bond motifs is 1. The van der Waals surface area contributed by atoms with E-state index in [9.17, 15) is 9.18 Å². The first kappa shape index (κ1) is 26.8. The van der Waals surface area contributed by atoms with Gasteiger partial charge < -0.3 is 9.88 Å². The van der Waals surface area contributed by atoms with Crippen LogP contribution in [0.1, 0.15) is 83.1 Å². The van der Waals surface area contributed by atoms with E-state index in [4.69, 9.17) is 11.6 Å². The largest absolute Gasteiger partial charge is 0.322 e. The first-order valence-electron chi connectivity index (χ1n) is 11.8. The molecule has 0 spiro atoms. The van der Waals surface area contributed by atoms with E-state index in [1.807, 2.05) is 0 Å². The van der Waals surface area contributed by atoms with Crippen molar-refractivity contribution in [2.24, 2.45) is 13.0 Å². The second-order valence-electron chi connectivity index (χ2n) is 8.75. The maximum atomic E-state index is 13.9. The van der Waals surface area contributed by atoms with Crippen LogP contribution >= 0.6 is 11.6 Å². The number of nitrogens with zero attached hydrogens (tertiary/aromatic N) is 3. The van der Waals surface area contributed by atoms with Crippen LogP contribution in [0.5, 0.6) is 0 Å². The summed E-state index contributed by atoms with van der Waals surface area (Å²) in [6, 6.07) is 6.03. The van der Waals surface area contributed by atoms with Gasteiger partial charge in [-0.05, 0) is 24.1 Å². The average Bonchev–Trinajstić information content (AvgIpc) is 3.13. The summed E-state index contributed by atoms with van der Waals surface area (Å²) in [7, 11) is 1.77. The molecule has 3 aromatic rings. The highest BCUT2D eigenvalue weighted by atomic mass is 35.5. The summed E-state index contributed by atoms with van der Waals surface area (Å²) < 4.78 is 15.6. The second kappa shape index (κ2) is 13.3. The Hall–Kier alpha value is -2.47. The van der Waals surface area contributed by atoms with Crippen LogP contribution in [0, 0.1) is 11.7 Å². The summed E-state index contributed by atoms with van der Waals surface area (Å²) >= 11 is 6.00. The van der Waals surface area contributed by atoms with Crippen molar-refractivity contribution in [3.63, 3.8) is 0 Å². The van der Waals surface area contributed by atoms with Crippen molar-refractivity contribution in [1.29, 1.82) is 0 Å². The molecule has 0 radical (unpaired) electrons. The minimum absolute atomic E-state index is 0.140. The lowest BCUT2D eigenvalue weighted by Crippen LogP contribution is -2.01. The number of anilines is 2. The number of ketones is 1. The van der Waals surface area contributed by atoms with E-state index >= 15 is 0 Å². The predicted molar refractivity (Wildman–Crippen MR) is 136 cm³/mol. The number of pyridine rings is 1. The molecule has 4 rings (SSSR count). The maximum absolute atomic E-state index is 13.9. The zero-order valence-electron chi connectivity index (χ0n) is 20.4. The number of aryl methyl sites for hydroxylation is 1. The highest BCUT2D eigenvalue weighted by Gasteiger charge is 2.14. The monoisotopic (exact) mass is 474 g/mol. The lowest BCUT2D eigenvalue weighted by atomic mass is 10.0. The summed E-state index contributed by atoms with van der Waals surface area (Å²) in [6.45, 7) is 8.08. The molecule has 33 heavy (non-hydrogen) atoms. The van der Waals surface area contributed by atoms with Gasteiger partial charge in [0.05, 0.1) is 27.9 Å². The number of nitrogens with one attached hydrogen (secondary N) is 1. The van der Waals surface area contributed by atoms with Gasteiger partial charge in [-0.2, -0.15) is 0 Å². The van der Waals surface area contributed by atoms with Gasteiger partial charge in [0.15, 0.2) is 5.78 Å². The number of carbonyl (C=O) groups excluding carboxylic acids is 1. The van der Waals surface area contributed by atoms with Gasteiger partial charge in [0.2, 0.25) is 5.95 Å². The van der Waals surface area contributed by atoms with E-state index in [0.29, 0.717) is 17.2 Å². The third-order valence-electron chi connectivity index (χ3n) is 5.64. The number of carbonyl (C=O) groups is 1. The molecule has 1 fully saturated rings. The molecule has 7 heteroatoms. The van der Waals surface area contributed by atoms with Crippen LogP contribution in [0.15, 0.2) is 30.5 Å². The molecule has 2 heterocycles. The molecule has 180 valence electrons. The fourth-order valence-electron chi connectivity index (χ4n) is 3.18. The van der Waals surface area contributed by atoms with Crippen molar-refractivity contribution in [1.82, 2.24) is 14.5 Å². The van der Waals surface area contributed by atoms with E-state index in [0.717, 1.165) is 11.4 Å². The molecule has 2 aromatic heterocycles. The minimum atomic E-state index is -0.470. The number of rotatable bonds is 4. The predicted octanol–water partition coefficient (Wildman–Crippen LogP) is 8.10. The molecule has 0 saturated heterocycles. The summed E-state index contributed by atoms with van der Waals surface area (Å²) in [5, 5.41) is 3.14. The fraction of sp³-hybridized carbons (Fsp3) is 0.500. The quantitative estimate of drug-likeness (QED) is 0.388. The number of halogens is 2. The third-order valence-corrected chi connectivity index (χ3v) is 5.96. The number of benzene rings is 1. The van der Waals surface area contributed by atoms with Crippen LogP contribution in [0.3, 0.4) is 0 Å². The van der Waals surface area contributed by atoms with Crippen LogP contribution in [0.2, 0.25) is 5.02 Å². The van der Waals surface area contributed by atoms with Gasteiger partial charge in [0.1, 0.15) is 11.5 Å². The van der Waals surface area contributed by atoms with Gasteiger partial charge in [-0.1, -0.05) is 83.4 Å². The molecule has 1 aromatic carbocycles. The van der Waals surface area contributed by atoms with Crippen LogP contribution in [-0.4, -0.2) is 20.3 Å². The van der Waals surface area contributed by atoms with E-state index in [-0.39, 0.29) is 16.5 Å². The number of hydrogen-bond acceptors (Lipinski definition) is 4. The van der Waals surface area contributed by atoms with Gasteiger partial charge >= 0.3 is 0 Å². The van der Waals surface area contributed by atoms with Gasteiger partial charge in [0.25, 0.3) is 0 Å². The number of Topliss-reactive ketones (excluding diaryl/α,β-unsaturated/α-hetero) is 1. The maximum Gasteiger partial charge on any atom is 0.208 e. The average molecular weight is 475 g/mol. The smallest absolute Gasteiger partial charge is 0.208 e. The molecule has 5 nitrogen and oxygen atoms in total. The molecule has 1 N–H and O–H groups in total. The molecule has 1 saturated carbocycles. The van der Waals surface area contributed by atoms with Crippen molar-refractivity contribution in [2.45, 2.75) is 72.6 Å². The normalized spacial score (nSPS) is 13.1. The van der Waals surface area contributed by atoms with Gasteiger partial charge in [-0.25, -0.2) is 9.37 Å². The topological polar surface area (TPSA) is 59.8 Å². The molecule has 0 amide bonds. The Morgan fingerprint density at radius 3 is 2.24 bits per heavy atom. The summed E-state index contributed by atoms with van der Waals surface area (Å²) in [5.41, 5.74) is 1.81. The highest BCUT2D eigenvalue weighted by molar-refractivity contribution is 6.33. The van der Waals surface area contributed by atoms with E-state index in [1.54, 1.807) is 29.9 Å². The third kappa shape index (κ3) is 8.11. The van der Waals surface area contributed by atoms with E-state index in [1.165, 1.54) is 64.0 Å². The molecular formula is C26H36ClFN4O. The van der Waals surface area contributed by atoms with Gasteiger partial charge in [-0.15, -0.1) is 0 Å².